The maximum absolute atomic E-state index is 5.39. The van der Waals surface area contributed by atoms with Crippen LogP contribution in [0.4, 0.5) is 0 Å². The van der Waals surface area contributed by atoms with Crippen LogP contribution in [0.2, 0.25) is 0 Å². The standard InChI is InChI=1S/C7H10O3/c1-3-5(9-3)7-6(10-7)4-2-8-4/h3-7H,2H2,1H3. The van der Waals surface area contributed by atoms with Gasteiger partial charge in [0.2, 0.25) is 0 Å². The second-order valence-corrected chi connectivity index (χ2v) is 3.24. The van der Waals surface area contributed by atoms with Crippen molar-refractivity contribution in [2.24, 2.45) is 0 Å². The van der Waals surface area contributed by atoms with Gasteiger partial charge >= 0.3 is 0 Å². The molecule has 0 aromatic rings. The predicted octanol–water partition coefficient (Wildman–Crippen LogP) is -0.0601. The Kier molecular flexibility index (Phi) is 0.854. The van der Waals surface area contributed by atoms with E-state index in [1.807, 2.05) is 0 Å². The number of ether oxygens (including phenoxy) is 3. The third-order valence-electron chi connectivity index (χ3n) is 2.37. The van der Waals surface area contributed by atoms with Gasteiger partial charge in [-0.25, -0.2) is 0 Å². The van der Waals surface area contributed by atoms with Gasteiger partial charge in [-0.05, 0) is 6.92 Å². The fraction of sp³-hybridized carbons (Fsp3) is 1.00. The van der Waals surface area contributed by atoms with Gasteiger partial charge in [-0.2, -0.15) is 0 Å². The highest BCUT2D eigenvalue weighted by Gasteiger charge is 2.60. The average molecular weight is 142 g/mol. The van der Waals surface area contributed by atoms with Crippen molar-refractivity contribution < 1.29 is 14.2 Å². The van der Waals surface area contributed by atoms with Crippen molar-refractivity contribution in [3.63, 3.8) is 0 Å². The van der Waals surface area contributed by atoms with E-state index in [4.69, 9.17) is 14.2 Å². The summed E-state index contributed by atoms with van der Waals surface area (Å²) in [7, 11) is 0. The van der Waals surface area contributed by atoms with Gasteiger partial charge in [-0.3, -0.25) is 0 Å². The summed E-state index contributed by atoms with van der Waals surface area (Å²) in [5, 5.41) is 0. The summed E-state index contributed by atoms with van der Waals surface area (Å²) >= 11 is 0. The molecule has 3 heterocycles. The molecule has 10 heavy (non-hydrogen) atoms. The lowest BCUT2D eigenvalue weighted by molar-refractivity contribution is 0.293. The maximum Gasteiger partial charge on any atom is 0.116 e. The molecule has 3 aliphatic heterocycles. The smallest absolute Gasteiger partial charge is 0.116 e. The Morgan fingerprint density at radius 1 is 1.10 bits per heavy atom. The highest BCUT2D eigenvalue weighted by molar-refractivity contribution is 5.06. The summed E-state index contributed by atoms with van der Waals surface area (Å²) in [6.45, 7) is 2.97. The Hall–Kier alpha value is -0.120. The van der Waals surface area contributed by atoms with Crippen molar-refractivity contribution in [3.8, 4) is 0 Å². The van der Waals surface area contributed by atoms with Crippen molar-refractivity contribution in [3.05, 3.63) is 0 Å². The quantitative estimate of drug-likeness (QED) is 0.507. The Morgan fingerprint density at radius 3 is 2.30 bits per heavy atom. The molecule has 3 nitrogen and oxygen atoms in total. The molecule has 5 atom stereocenters. The molecule has 3 aliphatic rings. The lowest BCUT2D eigenvalue weighted by atomic mass is 10.2. The van der Waals surface area contributed by atoms with Crippen molar-refractivity contribution in [1.29, 1.82) is 0 Å². The van der Waals surface area contributed by atoms with Gasteiger partial charge in [0.25, 0.3) is 0 Å². The highest BCUT2D eigenvalue weighted by atomic mass is 16.7. The van der Waals surface area contributed by atoms with Crippen LogP contribution in [0.5, 0.6) is 0 Å². The zero-order valence-electron chi connectivity index (χ0n) is 5.82. The van der Waals surface area contributed by atoms with Crippen LogP contribution in [-0.4, -0.2) is 37.1 Å². The normalized spacial score (nSPS) is 63.9. The highest BCUT2D eigenvalue weighted by Crippen LogP contribution is 2.43. The first kappa shape index (κ1) is 5.52. The summed E-state index contributed by atoms with van der Waals surface area (Å²) < 4.78 is 15.7. The molecule has 0 spiro atoms. The minimum absolute atomic E-state index is 0.363. The average Bonchev–Trinajstić information content (AvgIpc) is 2.68. The first-order valence-electron chi connectivity index (χ1n) is 3.79. The van der Waals surface area contributed by atoms with E-state index in [0.717, 1.165) is 6.61 Å². The fourth-order valence-corrected chi connectivity index (χ4v) is 1.49. The molecule has 3 heteroatoms. The molecule has 0 aromatic heterocycles. The van der Waals surface area contributed by atoms with Crippen molar-refractivity contribution >= 4 is 0 Å². The zero-order chi connectivity index (χ0) is 6.72. The number of epoxide rings is 3. The van der Waals surface area contributed by atoms with Crippen LogP contribution in [0.1, 0.15) is 6.92 Å². The molecule has 0 bridgehead atoms. The summed E-state index contributed by atoms with van der Waals surface area (Å²) in [5.41, 5.74) is 0. The Balaban J connectivity index is 1.58. The molecule has 0 aliphatic carbocycles. The molecule has 5 unspecified atom stereocenters. The maximum atomic E-state index is 5.39. The van der Waals surface area contributed by atoms with Gasteiger partial charge in [0.1, 0.15) is 24.4 Å². The third kappa shape index (κ3) is 0.713. The van der Waals surface area contributed by atoms with E-state index in [9.17, 15) is 0 Å². The van der Waals surface area contributed by atoms with E-state index in [-0.39, 0.29) is 0 Å². The van der Waals surface area contributed by atoms with Crippen molar-refractivity contribution in [2.75, 3.05) is 6.61 Å². The number of hydrogen-bond donors (Lipinski definition) is 0. The van der Waals surface area contributed by atoms with E-state index in [1.165, 1.54) is 0 Å². The first-order chi connectivity index (χ1) is 4.86. The topological polar surface area (TPSA) is 37.6 Å². The van der Waals surface area contributed by atoms with Crippen LogP contribution in [0.15, 0.2) is 0 Å². The van der Waals surface area contributed by atoms with Gasteiger partial charge < -0.3 is 14.2 Å². The van der Waals surface area contributed by atoms with E-state index in [0.29, 0.717) is 30.5 Å². The van der Waals surface area contributed by atoms with E-state index in [2.05, 4.69) is 6.92 Å². The number of rotatable bonds is 2. The summed E-state index contributed by atoms with van der Waals surface area (Å²) in [6.07, 6.45) is 1.95. The molecule has 0 saturated carbocycles. The van der Waals surface area contributed by atoms with E-state index < -0.39 is 0 Å². The van der Waals surface area contributed by atoms with Crippen molar-refractivity contribution in [1.82, 2.24) is 0 Å². The van der Waals surface area contributed by atoms with Crippen LogP contribution in [0.3, 0.4) is 0 Å². The van der Waals surface area contributed by atoms with Gasteiger partial charge in [0.15, 0.2) is 0 Å². The monoisotopic (exact) mass is 142 g/mol. The van der Waals surface area contributed by atoms with Crippen LogP contribution >= 0.6 is 0 Å². The minimum atomic E-state index is 0.363. The molecule has 0 N–H and O–H groups in total. The van der Waals surface area contributed by atoms with Crippen LogP contribution in [-0.2, 0) is 14.2 Å². The molecule has 3 fully saturated rings. The van der Waals surface area contributed by atoms with Gasteiger partial charge in [-0.1, -0.05) is 0 Å². The Labute approximate surface area is 59.3 Å². The van der Waals surface area contributed by atoms with Gasteiger partial charge in [0, 0.05) is 0 Å². The van der Waals surface area contributed by atoms with Gasteiger partial charge in [0.05, 0.1) is 12.7 Å². The third-order valence-corrected chi connectivity index (χ3v) is 2.37. The summed E-state index contributed by atoms with van der Waals surface area (Å²) in [4.78, 5) is 0. The zero-order valence-corrected chi connectivity index (χ0v) is 5.82. The summed E-state index contributed by atoms with van der Waals surface area (Å²) in [5.74, 6) is 0. The molecule has 3 saturated heterocycles. The van der Waals surface area contributed by atoms with E-state index in [1.54, 1.807) is 0 Å². The van der Waals surface area contributed by atoms with E-state index >= 15 is 0 Å². The molecule has 0 aromatic carbocycles. The second kappa shape index (κ2) is 1.55. The molecular weight excluding hydrogens is 132 g/mol. The second-order valence-electron chi connectivity index (χ2n) is 3.24. The largest absolute Gasteiger partial charge is 0.370 e. The molecule has 56 valence electrons. The van der Waals surface area contributed by atoms with Gasteiger partial charge in [-0.15, -0.1) is 0 Å². The SMILES string of the molecule is CC1OC1C1OC1C1CO1. The minimum Gasteiger partial charge on any atom is -0.370 e. The molecule has 3 rings (SSSR count). The van der Waals surface area contributed by atoms with Crippen LogP contribution < -0.4 is 0 Å². The first-order valence-corrected chi connectivity index (χ1v) is 3.79. The summed E-state index contributed by atoms with van der Waals surface area (Å²) in [6, 6.07) is 0. The molecule has 0 radical (unpaired) electrons. The van der Waals surface area contributed by atoms with Crippen LogP contribution in [0, 0.1) is 0 Å². The Morgan fingerprint density at radius 2 is 1.80 bits per heavy atom. The lowest BCUT2D eigenvalue weighted by Gasteiger charge is -1.80. The lowest BCUT2D eigenvalue weighted by Crippen LogP contribution is -2.08. The predicted molar refractivity (Wildman–Crippen MR) is 32.7 cm³/mol. The fourth-order valence-electron chi connectivity index (χ4n) is 1.49. The Bertz CT molecular complexity index is 166. The van der Waals surface area contributed by atoms with Crippen LogP contribution in [0.25, 0.3) is 0 Å². The number of hydrogen-bond acceptors (Lipinski definition) is 3. The molecule has 0 amide bonds. The molecular formula is C7H10O3. The van der Waals surface area contributed by atoms with Crippen molar-refractivity contribution in [2.45, 2.75) is 37.4 Å².